The van der Waals surface area contributed by atoms with Crippen LogP contribution in [0.25, 0.3) is 0 Å². The number of anilines is 1. The van der Waals surface area contributed by atoms with E-state index >= 15 is 0 Å². The molecule has 1 aliphatic heterocycles. The molecule has 1 N–H and O–H groups in total. The fourth-order valence-corrected chi connectivity index (χ4v) is 3.66. The maximum absolute atomic E-state index is 13.5. The minimum Gasteiger partial charge on any atom is -0.346 e. The Hall–Kier alpha value is -1.81. The van der Waals surface area contributed by atoms with Crippen molar-refractivity contribution in [3.05, 3.63) is 67.4 Å². The molecule has 0 saturated carbocycles. The number of hydrogen-bond acceptors (Lipinski definition) is 4. The zero-order valence-electron chi connectivity index (χ0n) is 14.7. The molecular weight excluding hydrogens is 471 g/mol. The molecule has 10 heteroatoms. The summed E-state index contributed by atoms with van der Waals surface area (Å²) in [6, 6.07) is 10.2. The Balaban J connectivity index is 1.59. The van der Waals surface area contributed by atoms with Gasteiger partial charge in [-0.1, -0.05) is 39.7 Å². The van der Waals surface area contributed by atoms with Crippen LogP contribution in [0.2, 0.25) is 5.02 Å². The average molecular weight is 488 g/mol. The second-order valence-corrected chi connectivity index (χ2v) is 8.07. The third-order valence-electron chi connectivity index (χ3n) is 4.46. The lowest BCUT2D eigenvalue weighted by Crippen LogP contribution is -2.49. The van der Waals surface area contributed by atoms with E-state index in [9.17, 15) is 14.5 Å². The minimum atomic E-state index is -0.841. The summed E-state index contributed by atoms with van der Waals surface area (Å²) in [5, 5.41) is 14.2. The van der Waals surface area contributed by atoms with Crippen LogP contribution in [0, 0.1) is 15.9 Å². The van der Waals surface area contributed by atoms with Gasteiger partial charge >= 0.3 is 0 Å². The summed E-state index contributed by atoms with van der Waals surface area (Å²) >= 11 is 14.6. The summed E-state index contributed by atoms with van der Waals surface area (Å²) in [5.74, 6) is -0.841. The standard InChI is InChI=1S/C18H17BrClFN4O2S/c19-13-3-1-12(2-4-13)11-23-5-7-24(8-6-23)18(28)22-16-9-14(20)15(21)10-17(16)25(26)27/h1-4,9-10H,5-8,11H2,(H,22,28). The van der Waals surface area contributed by atoms with E-state index in [0.29, 0.717) is 18.2 Å². The van der Waals surface area contributed by atoms with Crippen LogP contribution in [-0.4, -0.2) is 46.0 Å². The normalized spacial score (nSPS) is 14.8. The molecule has 0 amide bonds. The monoisotopic (exact) mass is 486 g/mol. The average Bonchev–Trinajstić information content (AvgIpc) is 2.66. The van der Waals surface area contributed by atoms with Crippen molar-refractivity contribution in [2.45, 2.75) is 6.54 Å². The molecule has 1 heterocycles. The molecule has 2 aromatic rings. The Labute approximate surface area is 180 Å². The van der Waals surface area contributed by atoms with Crippen LogP contribution in [0.3, 0.4) is 0 Å². The third-order valence-corrected chi connectivity index (χ3v) is 5.63. The van der Waals surface area contributed by atoms with Gasteiger partial charge in [-0.3, -0.25) is 15.0 Å². The van der Waals surface area contributed by atoms with Crippen LogP contribution in [0.5, 0.6) is 0 Å². The smallest absolute Gasteiger partial charge is 0.295 e. The van der Waals surface area contributed by atoms with Gasteiger partial charge in [0.05, 0.1) is 16.0 Å². The van der Waals surface area contributed by atoms with E-state index in [1.165, 1.54) is 11.6 Å². The second-order valence-electron chi connectivity index (χ2n) is 6.36. The van der Waals surface area contributed by atoms with Crippen LogP contribution in [0.1, 0.15) is 5.56 Å². The van der Waals surface area contributed by atoms with Crippen molar-refractivity contribution in [2.75, 3.05) is 31.5 Å². The lowest BCUT2D eigenvalue weighted by molar-refractivity contribution is -0.384. The molecule has 0 bridgehead atoms. The van der Waals surface area contributed by atoms with Crippen LogP contribution < -0.4 is 5.32 Å². The van der Waals surface area contributed by atoms with Gasteiger partial charge in [0.2, 0.25) is 0 Å². The molecule has 2 aromatic carbocycles. The molecule has 1 aliphatic rings. The topological polar surface area (TPSA) is 61.7 Å². The van der Waals surface area contributed by atoms with Crippen molar-refractivity contribution >= 4 is 56.2 Å². The summed E-state index contributed by atoms with van der Waals surface area (Å²) in [6.07, 6.45) is 0. The zero-order valence-corrected chi connectivity index (χ0v) is 17.9. The van der Waals surface area contributed by atoms with E-state index in [-0.39, 0.29) is 10.7 Å². The molecule has 1 fully saturated rings. The van der Waals surface area contributed by atoms with Gasteiger partial charge < -0.3 is 10.2 Å². The van der Waals surface area contributed by atoms with Gasteiger partial charge in [-0.15, -0.1) is 0 Å². The Kier molecular flexibility index (Phi) is 6.82. The van der Waals surface area contributed by atoms with E-state index in [4.69, 9.17) is 23.8 Å². The number of hydrogen-bond donors (Lipinski definition) is 1. The van der Waals surface area contributed by atoms with E-state index < -0.39 is 16.4 Å². The van der Waals surface area contributed by atoms with Crippen molar-refractivity contribution in [3.8, 4) is 0 Å². The molecule has 3 rings (SSSR count). The molecule has 0 atom stereocenters. The first-order valence-electron chi connectivity index (χ1n) is 8.49. The summed E-state index contributed by atoms with van der Waals surface area (Å²) in [5.41, 5.74) is 0.908. The molecule has 28 heavy (non-hydrogen) atoms. The number of nitro benzene ring substituents is 1. The molecule has 0 unspecified atom stereocenters. The number of nitrogens with one attached hydrogen (secondary N) is 1. The summed E-state index contributed by atoms with van der Waals surface area (Å²) < 4.78 is 14.6. The summed E-state index contributed by atoms with van der Waals surface area (Å²) in [4.78, 5) is 14.8. The maximum Gasteiger partial charge on any atom is 0.295 e. The van der Waals surface area contributed by atoms with Gasteiger partial charge in [0.25, 0.3) is 5.69 Å². The number of benzene rings is 2. The molecule has 0 aliphatic carbocycles. The number of rotatable bonds is 4. The first kappa shape index (κ1) is 20.9. The number of thiocarbonyl (C=S) groups is 1. The fourth-order valence-electron chi connectivity index (χ4n) is 2.94. The van der Waals surface area contributed by atoms with Crippen LogP contribution in [-0.2, 0) is 6.54 Å². The SMILES string of the molecule is O=[N+]([O-])c1cc(F)c(Cl)cc1NC(=S)N1CCN(Cc2ccc(Br)cc2)CC1. The number of halogens is 3. The Morgan fingerprint density at radius 2 is 1.89 bits per heavy atom. The molecule has 0 spiro atoms. The van der Waals surface area contributed by atoms with Crippen LogP contribution in [0.15, 0.2) is 40.9 Å². The number of nitro groups is 1. The lowest BCUT2D eigenvalue weighted by Gasteiger charge is -2.36. The lowest BCUT2D eigenvalue weighted by atomic mass is 10.2. The highest BCUT2D eigenvalue weighted by atomic mass is 79.9. The molecular formula is C18H17BrClFN4O2S. The molecule has 6 nitrogen and oxygen atoms in total. The van der Waals surface area contributed by atoms with Gasteiger partial charge in [-0.25, -0.2) is 4.39 Å². The highest BCUT2D eigenvalue weighted by Crippen LogP contribution is 2.30. The second kappa shape index (κ2) is 9.13. The van der Waals surface area contributed by atoms with Gasteiger partial charge in [0.15, 0.2) is 5.11 Å². The van der Waals surface area contributed by atoms with Crippen molar-refractivity contribution in [1.82, 2.24) is 9.80 Å². The molecule has 0 radical (unpaired) electrons. The molecule has 148 valence electrons. The largest absolute Gasteiger partial charge is 0.346 e. The van der Waals surface area contributed by atoms with Gasteiger partial charge in [-0.2, -0.15) is 0 Å². The Bertz CT molecular complexity index is 892. The zero-order chi connectivity index (χ0) is 20.3. The third kappa shape index (κ3) is 5.16. The van der Waals surface area contributed by atoms with E-state index in [1.807, 2.05) is 17.0 Å². The highest BCUT2D eigenvalue weighted by Gasteiger charge is 2.23. The fraction of sp³-hybridized carbons (Fsp3) is 0.278. The quantitative estimate of drug-likeness (QED) is 0.384. The van der Waals surface area contributed by atoms with Crippen LogP contribution in [0.4, 0.5) is 15.8 Å². The predicted octanol–water partition coefficient (Wildman–Crippen LogP) is 4.66. The van der Waals surface area contributed by atoms with Crippen molar-refractivity contribution in [2.24, 2.45) is 0 Å². The van der Waals surface area contributed by atoms with Crippen molar-refractivity contribution < 1.29 is 9.31 Å². The van der Waals surface area contributed by atoms with E-state index in [2.05, 4.69) is 38.3 Å². The Morgan fingerprint density at radius 3 is 2.50 bits per heavy atom. The maximum atomic E-state index is 13.5. The van der Waals surface area contributed by atoms with E-state index in [0.717, 1.165) is 30.2 Å². The molecule has 0 aromatic heterocycles. The number of nitrogens with zero attached hydrogens (tertiary/aromatic N) is 3. The summed E-state index contributed by atoms with van der Waals surface area (Å²) in [6.45, 7) is 3.84. The highest BCUT2D eigenvalue weighted by molar-refractivity contribution is 9.10. The summed E-state index contributed by atoms with van der Waals surface area (Å²) in [7, 11) is 0. The van der Waals surface area contributed by atoms with Gasteiger partial charge in [0.1, 0.15) is 11.5 Å². The number of piperazine rings is 1. The van der Waals surface area contributed by atoms with E-state index in [1.54, 1.807) is 0 Å². The first-order chi connectivity index (χ1) is 13.3. The van der Waals surface area contributed by atoms with Crippen molar-refractivity contribution in [1.29, 1.82) is 0 Å². The van der Waals surface area contributed by atoms with Crippen molar-refractivity contribution in [3.63, 3.8) is 0 Å². The Morgan fingerprint density at radius 1 is 1.25 bits per heavy atom. The first-order valence-corrected chi connectivity index (χ1v) is 10.1. The molecule has 1 saturated heterocycles. The van der Waals surface area contributed by atoms with Crippen LogP contribution >= 0.6 is 39.7 Å². The van der Waals surface area contributed by atoms with Gasteiger partial charge in [0, 0.05) is 37.2 Å². The minimum absolute atomic E-state index is 0.0821. The predicted molar refractivity (Wildman–Crippen MR) is 115 cm³/mol. The van der Waals surface area contributed by atoms with Gasteiger partial charge in [-0.05, 0) is 36.0 Å².